The van der Waals surface area contributed by atoms with Gasteiger partial charge in [-0.15, -0.1) is 0 Å². The Bertz CT molecular complexity index is 1880. The van der Waals surface area contributed by atoms with Crippen molar-refractivity contribution in [3.8, 4) is 0 Å². The molecule has 0 saturated heterocycles. The standard InChI is InChI=1S/C30H22N4O4/c35-27(31-17-9-11-25-21(15-17)29(37)19-5-1-3-7-23(19)33-25)13-14-28(36)32-18-10-12-26-22(16-18)30(38)20-6-2-4-8-24(20)34-26/h1-12,15-16H,13-14H2,(H,31,35)(H,32,36)(H,33,37)(H,34,38). The fourth-order valence-electron chi connectivity index (χ4n) is 4.67. The quantitative estimate of drug-likeness (QED) is 0.247. The SMILES string of the molecule is O=C(CCC(=O)Nc1ccc2[nH]c3ccccc3c(=O)c2c1)Nc1ccc2[nH]c3ccccc3c(=O)c2c1. The van der Waals surface area contributed by atoms with Crippen LogP contribution < -0.4 is 21.5 Å². The number of fused-ring (bicyclic) bond motifs is 4. The van der Waals surface area contributed by atoms with Gasteiger partial charge in [0.05, 0.1) is 0 Å². The molecule has 8 nitrogen and oxygen atoms in total. The van der Waals surface area contributed by atoms with Gasteiger partial charge in [-0.1, -0.05) is 24.3 Å². The summed E-state index contributed by atoms with van der Waals surface area (Å²) in [7, 11) is 0. The lowest BCUT2D eigenvalue weighted by Gasteiger charge is -2.09. The lowest BCUT2D eigenvalue weighted by molar-refractivity contribution is -0.121. The van der Waals surface area contributed by atoms with E-state index < -0.39 is 0 Å². The van der Waals surface area contributed by atoms with Crippen molar-refractivity contribution >= 4 is 66.8 Å². The maximum absolute atomic E-state index is 12.9. The van der Waals surface area contributed by atoms with E-state index in [1.807, 2.05) is 24.3 Å². The molecular formula is C30H22N4O4. The van der Waals surface area contributed by atoms with Crippen LogP contribution in [0.4, 0.5) is 11.4 Å². The minimum absolute atomic E-state index is 0.0449. The van der Waals surface area contributed by atoms with E-state index in [1.165, 1.54) is 0 Å². The third kappa shape index (κ3) is 4.28. The molecule has 4 aromatic carbocycles. The summed E-state index contributed by atoms with van der Waals surface area (Å²) in [6.45, 7) is 0. The number of anilines is 2. The number of carbonyl (C=O) groups excluding carboxylic acids is 2. The molecule has 0 bridgehead atoms. The van der Waals surface area contributed by atoms with Gasteiger partial charge in [0.2, 0.25) is 11.8 Å². The normalized spacial score (nSPS) is 11.3. The second kappa shape index (κ2) is 9.33. The van der Waals surface area contributed by atoms with Crippen LogP contribution in [0.15, 0.2) is 94.5 Å². The monoisotopic (exact) mass is 502 g/mol. The van der Waals surface area contributed by atoms with Crippen LogP contribution in [0.3, 0.4) is 0 Å². The fourth-order valence-corrected chi connectivity index (χ4v) is 4.67. The molecule has 0 radical (unpaired) electrons. The number of pyridine rings is 2. The van der Waals surface area contributed by atoms with Crippen molar-refractivity contribution in [3.05, 3.63) is 105 Å². The van der Waals surface area contributed by atoms with Crippen LogP contribution in [-0.2, 0) is 9.59 Å². The Labute approximate surface area is 215 Å². The van der Waals surface area contributed by atoms with Gasteiger partial charge in [-0.2, -0.15) is 0 Å². The molecular weight excluding hydrogens is 480 g/mol. The predicted molar refractivity (Wildman–Crippen MR) is 151 cm³/mol. The Morgan fingerprint density at radius 2 is 0.921 bits per heavy atom. The molecule has 0 atom stereocenters. The lowest BCUT2D eigenvalue weighted by Crippen LogP contribution is -2.17. The first-order valence-corrected chi connectivity index (χ1v) is 12.2. The third-order valence-corrected chi connectivity index (χ3v) is 6.56. The molecule has 0 aliphatic heterocycles. The smallest absolute Gasteiger partial charge is 0.224 e. The van der Waals surface area contributed by atoms with E-state index in [2.05, 4.69) is 20.6 Å². The van der Waals surface area contributed by atoms with Crippen LogP contribution in [-0.4, -0.2) is 21.8 Å². The highest BCUT2D eigenvalue weighted by Crippen LogP contribution is 2.20. The number of rotatable bonds is 5. The summed E-state index contributed by atoms with van der Waals surface area (Å²) in [5, 5.41) is 7.61. The van der Waals surface area contributed by atoms with Crippen molar-refractivity contribution in [2.45, 2.75) is 12.8 Å². The molecule has 8 heteroatoms. The third-order valence-electron chi connectivity index (χ3n) is 6.56. The molecule has 4 N–H and O–H groups in total. The first-order valence-electron chi connectivity index (χ1n) is 12.2. The number of hydrogen-bond donors (Lipinski definition) is 4. The van der Waals surface area contributed by atoms with E-state index in [0.29, 0.717) is 44.0 Å². The van der Waals surface area contributed by atoms with E-state index in [4.69, 9.17) is 0 Å². The van der Waals surface area contributed by atoms with Crippen molar-refractivity contribution < 1.29 is 9.59 Å². The number of benzene rings is 4. The number of para-hydroxylation sites is 2. The Kier molecular flexibility index (Phi) is 5.69. The van der Waals surface area contributed by atoms with Gasteiger partial charge in [0.15, 0.2) is 10.9 Å². The van der Waals surface area contributed by atoms with Crippen molar-refractivity contribution in [2.75, 3.05) is 10.6 Å². The molecule has 6 aromatic rings. The van der Waals surface area contributed by atoms with Gasteiger partial charge in [-0.3, -0.25) is 19.2 Å². The van der Waals surface area contributed by atoms with Crippen LogP contribution in [0.25, 0.3) is 43.6 Å². The van der Waals surface area contributed by atoms with Gasteiger partial charge in [0, 0.05) is 67.8 Å². The average molecular weight is 503 g/mol. The first-order chi connectivity index (χ1) is 18.5. The van der Waals surface area contributed by atoms with Crippen LogP contribution in [0, 0.1) is 0 Å². The number of aromatic nitrogens is 2. The average Bonchev–Trinajstić information content (AvgIpc) is 2.93. The second-order valence-corrected chi connectivity index (χ2v) is 9.12. The maximum Gasteiger partial charge on any atom is 0.224 e. The van der Waals surface area contributed by atoms with Crippen LogP contribution in [0.5, 0.6) is 0 Å². The number of aromatic amines is 2. The second-order valence-electron chi connectivity index (χ2n) is 9.12. The largest absolute Gasteiger partial charge is 0.354 e. The molecule has 2 heterocycles. The van der Waals surface area contributed by atoms with Crippen LogP contribution in [0.2, 0.25) is 0 Å². The van der Waals surface area contributed by atoms with Gasteiger partial charge in [0.1, 0.15) is 0 Å². The summed E-state index contributed by atoms with van der Waals surface area (Å²) in [5.74, 6) is -0.698. The zero-order valence-corrected chi connectivity index (χ0v) is 20.1. The predicted octanol–water partition coefficient (Wildman–Crippen LogP) is 5.03. The molecule has 0 spiro atoms. The molecule has 0 aliphatic rings. The number of nitrogens with one attached hydrogen (secondary N) is 4. The molecule has 6 rings (SSSR count). The summed E-state index contributed by atoms with van der Waals surface area (Å²) >= 11 is 0. The summed E-state index contributed by atoms with van der Waals surface area (Å²) in [6, 6.07) is 24.7. The summed E-state index contributed by atoms with van der Waals surface area (Å²) in [5.41, 5.74) is 3.56. The zero-order valence-electron chi connectivity index (χ0n) is 20.1. The summed E-state index contributed by atoms with van der Waals surface area (Å²) in [6.07, 6.45) is -0.0898. The van der Waals surface area contributed by atoms with Crippen LogP contribution in [0.1, 0.15) is 12.8 Å². The molecule has 0 aliphatic carbocycles. The Balaban J connectivity index is 1.13. The number of carbonyl (C=O) groups is 2. The molecule has 2 amide bonds. The van der Waals surface area contributed by atoms with Gasteiger partial charge < -0.3 is 20.6 Å². The summed E-state index contributed by atoms with van der Waals surface area (Å²) in [4.78, 5) is 57.3. The topological polar surface area (TPSA) is 124 Å². The molecule has 2 aromatic heterocycles. The zero-order chi connectivity index (χ0) is 26.2. The highest BCUT2D eigenvalue weighted by molar-refractivity contribution is 6.00. The Hall–Kier alpha value is -5.24. The Morgan fingerprint density at radius 1 is 0.526 bits per heavy atom. The Morgan fingerprint density at radius 3 is 1.37 bits per heavy atom. The highest BCUT2D eigenvalue weighted by Gasteiger charge is 2.12. The summed E-state index contributed by atoms with van der Waals surface area (Å²) < 4.78 is 0. The van der Waals surface area contributed by atoms with E-state index >= 15 is 0 Å². The minimum Gasteiger partial charge on any atom is -0.354 e. The lowest BCUT2D eigenvalue weighted by atomic mass is 10.1. The fraction of sp³-hybridized carbons (Fsp3) is 0.0667. The molecule has 186 valence electrons. The van der Waals surface area contributed by atoms with Gasteiger partial charge in [-0.25, -0.2) is 0 Å². The van der Waals surface area contributed by atoms with Gasteiger partial charge in [0.25, 0.3) is 0 Å². The van der Waals surface area contributed by atoms with Gasteiger partial charge in [-0.05, 0) is 60.7 Å². The van der Waals surface area contributed by atoms with Crippen molar-refractivity contribution in [2.24, 2.45) is 0 Å². The van der Waals surface area contributed by atoms with E-state index in [1.54, 1.807) is 60.7 Å². The number of amides is 2. The number of H-pyrrole nitrogens is 2. The van der Waals surface area contributed by atoms with Crippen molar-refractivity contribution in [1.82, 2.24) is 9.97 Å². The number of hydrogen-bond acceptors (Lipinski definition) is 4. The van der Waals surface area contributed by atoms with Crippen molar-refractivity contribution in [3.63, 3.8) is 0 Å². The minimum atomic E-state index is -0.349. The molecule has 0 unspecified atom stereocenters. The van der Waals surface area contributed by atoms with E-state index in [-0.39, 0.29) is 35.5 Å². The highest BCUT2D eigenvalue weighted by atomic mass is 16.2. The van der Waals surface area contributed by atoms with E-state index in [9.17, 15) is 19.2 Å². The molecule has 38 heavy (non-hydrogen) atoms. The van der Waals surface area contributed by atoms with Crippen LogP contribution >= 0.6 is 0 Å². The van der Waals surface area contributed by atoms with E-state index in [0.717, 1.165) is 11.0 Å². The first kappa shape index (κ1) is 23.2. The molecule has 0 saturated carbocycles. The molecule has 0 fully saturated rings. The van der Waals surface area contributed by atoms with Gasteiger partial charge >= 0.3 is 0 Å². The maximum atomic E-state index is 12.9. The van der Waals surface area contributed by atoms with Crippen molar-refractivity contribution in [1.29, 1.82) is 0 Å².